The molecule has 0 N–H and O–H groups in total. The van der Waals surface area contributed by atoms with Gasteiger partial charge in [-0.25, -0.2) is 0 Å². The summed E-state index contributed by atoms with van der Waals surface area (Å²) in [4.78, 5) is 23.8. The highest BCUT2D eigenvalue weighted by molar-refractivity contribution is 8.20. The summed E-state index contributed by atoms with van der Waals surface area (Å²) in [7, 11) is 0. The third-order valence-electron chi connectivity index (χ3n) is 9.68. The minimum atomic E-state index is -0.142. The third kappa shape index (κ3) is 3.76. The number of allylic oxidation sites excluding steroid dienone is 1. The van der Waals surface area contributed by atoms with E-state index in [0.717, 1.165) is 19.3 Å². The molecule has 178 valence electrons. The molecule has 1 aliphatic heterocycles. The normalized spacial score (nSPS) is 45.9. The van der Waals surface area contributed by atoms with Crippen LogP contribution in [0.25, 0.3) is 0 Å². The third-order valence-corrected chi connectivity index (χ3v) is 12.9. The number of rotatable bonds is 3. The van der Waals surface area contributed by atoms with Crippen LogP contribution in [0.1, 0.15) is 72.6 Å². The van der Waals surface area contributed by atoms with Gasteiger partial charge in [0.25, 0.3) is 0 Å². The van der Waals surface area contributed by atoms with Crippen molar-refractivity contribution in [1.29, 1.82) is 0 Å². The second kappa shape index (κ2) is 8.55. The van der Waals surface area contributed by atoms with Crippen LogP contribution in [0.4, 0.5) is 0 Å². The lowest BCUT2D eigenvalue weighted by Gasteiger charge is -2.59. The lowest BCUT2D eigenvalue weighted by molar-refractivity contribution is -0.160. The minimum Gasteiger partial charge on any atom is -0.462 e. The zero-order valence-electron chi connectivity index (χ0n) is 19.9. The van der Waals surface area contributed by atoms with Crippen LogP contribution >= 0.6 is 23.5 Å². The van der Waals surface area contributed by atoms with E-state index in [2.05, 4.69) is 19.9 Å². The molecule has 32 heavy (non-hydrogen) atoms. The largest absolute Gasteiger partial charge is 0.462 e. The van der Waals surface area contributed by atoms with Gasteiger partial charge in [-0.2, -0.15) is 0 Å². The van der Waals surface area contributed by atoms with E-state index in [1.807, 2.05) is 23.5 Å². The van der Waals surface area contributed by atoms with Crippen LogP contribution in [-0.4, -0.2) is 40.2 Å². The summed E-state index contributed by atoms with van der Waals surface area (Å²) < 4.78 is 12.3. The van der Waals surface area contributed by atoms with Gasteiger partial charge in [-0.05, 0) is 68.1 Å². The molecule has 3 saturated carbocycles. The maximum Gasteiger partial charge on any atom is 0.302 e. The molecule has 0 aromatic heterocycles. The van der Waals surface area contributed by atoms with E-state index in [9.17, 15) is 9.59 Å². The van der Waals surface area contributed by atoms with Crippen LogP contribution in [-0.2, 0) is 19.1 Å². The van der Waals surface area contributed by atoms with Crippen molar-refractivity contribution >= 4 is 35.5 Å². The summed E-state index contributed by atoms with van der Waals surface area (Å²) in [5.41, 5.74) is 1.88. The Balaban J connectivity index is 1.43. The number of carbonyl (C=O) groups excluding carboxylic acids is 2. The van der Waals surface area contributed by atoms with Crippen molar-refractivity contribution in [2.45, 2.75) is 89.4 Å². The number of hydrogen-bond donors (Lipinski definition) is 0. The summed E-state index contributed by atoms with van der Waals surface area (Å²) in [6, 6.07) is 0. The van der Waals surface area contributed by atoms with Crippen molar-refractivity contribution in [3.05, 3.63) is 11.6 Å². The predicted octanol–water partition coefficient (Wildman–Crippen LogP) is 5.84. The first-order valence-electron chi connectivity index (χ1n) is 12.5. The first-order chi connectivity index (χ1) is 15.2. The first kappa shape index (κ1) is 23.1. The van der Waals surface area contributed by atoms with Crippen molar-refractivity contribution in [1.82, 2.24) is 0 Å². The molecular formula is C26H38O4S2. The zero-order chi connectivity index (χ0) is 22.7. The SMILES string of the molecule is CC(=O)OC1C[C@@]2(C)C(=CC1C1SCCS1)CC[C@@H]1[C@@H]2CC[C@]2(C)C(OC(C)=O)CC[C@@H]12. The van der Waals surface area contributed by atoms with Crippen LogP contribution < -0.4 is 0 Å². The molecule has 5 aliphatic rings. The summed E-state index contributed by atoms with van der Waals surface area (Å²) in [5, 5.41) is 0. The van der Waals surface area contributed by atoms with Gasteiger partial charge in [-0.1, -0.05) is 25.5 Å². The molecule has 1 heterocycles. The Labute approximate surface area is 201 Å². The lowest BCUT2D eigenvalue weighted by atomic mass is 9.47. The molecule has 1 saturated heterocycles. The topological polar surface area (TPSA) is 52.6 Å². The zero-order valence-corrected chi connectivity index (χ0v) is 21.6. The number of ether oxygens (including phenoxy) is 2. The summed E-state index contributed by atoms with van der Waals surface area (Å²) in [6.07, 6.45) is 10.5. The standard InChI is InChI=1S/C26H38O4S2/c1-15(27)29-22-14-26(4)17(13-19(22)24-31-11-12-32-24)5-6-18-20-7-8-23(30-16(2)28)25(20,3)10-9-21(18)26/h13,18-24H,5-12,14H2,1-4H3/t18-,19?,20-,21-,22?,23?,25-,26-/m0/s1. The average molecular weight is 479 g/mol. The average Bonchev–Trinajstić information content (AvgIpc) is 3.35. The van der Waals surface area contributed by atoms with Gasteiger partial charge in [-0.3, -0.25) is 9.59 Å². The van der Waals surface area contributed by atoms with Crippen molar-refractivity contribution in [3.63, 3.8) is 0 Å². The number of esters is 2. The molecule has 0 radical (unpaired) electrons. The van der Waals surface area contributed by atoms with E-state index in [1.54, 1.807) is 19.4 Å². The highest BCUT2D eigenvalue weighted by atomic mass is 32.2. The molecular weight excluding hydrogens is 440 g/mol. The van der Waals surface area contributed by atoms with Crippen LogP contribution in [0.2, 0.25) is 0 Å². The molecule has 8 atom stereocenters. The van der Waals surface area contributed by atoms with E-state index in [1.165, 1.54) is 37.2 Å². The quantitative estimate of drug-likeness (QED) is 0.375. The molecule has 3 unspecified atom stereocenters. The first-order valence-corrected chi connectivity index (χ1v) is 14.6. The molecule has 4 nitrogen and oxygen atoms in total. The molecule has 4 aliphatic carbocycles. The van der Waals surface area contributed by atoms with Crippen LogP contribution in [0, 0.1) is 34.5 Å². The van der Waals surface area contributed by atoms with Crippen molar-refractivity contribution in [3.8, 4) is 0 Å². The van der Waals surface area contributed by atoms with Gasteiger partial charge in [0.1, 0.15) is 12.2 Å². The number of fused-ring (bicyclic) bond motifs is 5. The Hall–Kier alpha value is -0.620. The number of hydrogen-bond acceptors (Lipinski definition) is 6. The van der Waals surface area contributed by atoms with E-state index in [4.69, 9.17) is 9.47 Å². The molecule has 4 fully saturated rings. The minimum absolute atomic E-state index is 0.00576. The molecule has 5 rings (SSSR count). The maximum absolute atomic E-state index is 12.0. The Morgan fingerprint density at radius 1 is 0.969 bits per heavy atom. The number of carbonyl (C=O) groups is 2. The summed E-state index contributed by atoms with van der Waals surface area (Å²) in [6.45, 7) is 7.97. The van der Waals surface area contributed by atoms with Crippen molar-refractivity contribution in [2.24, 2.45) is 34.5 Å². The summed E-state index contributed by atoms with van der Waals surface area (Å²) >= 11 is 4.09. The molecule has 0 bridgehead atoms. The van der Waals surface area contributed by atoms with Crippen LogP contribution in [0.15, 0.2) is 11.6 Å². The molecule has 0 amide bonds. The molecule has 6 heteroatoms. The van der Waals surface area contributed by atoms with E-state index in [-0.39, 0.29) is 35.0 Å². The van der Waals surface area contributed by atoms with Crippen molar-refractivity contribution < 1.29 is 19.1 Å². The Kier molecular flexibility index (Phi) is 6.18. The van der Waals surface area contributed by atoms with E-state index in [0.29, 0.717) is 28.3 Å². The fourth-order valence-corrected chi connectivity index (χ4v) is 11.5. The Morgan fingerprint density at radius 3 is 2.38 bits per heavy atom. The van der Waals surface area contributed by atoms with E-state index >= 15 is 0 Å². The van der Waals surface area contributed by atoms with Gasteiger partial charge < -0.3 is 9.47 Å². The lowest BCUT2D eigenvalue weighted by Crippen LogP contribution is -2.53. The van der Waals surface area contributed by atoms with Crippen molar-refractivity contribution in [2.75, 3.05) is 11.5 Å². The van der Waals surface area contributed by atoms with Crippen LogP contribution in [0.5, 0.6) is 0 Å². The molecule has 0 aromatic rings. The second-order valence-electron chi connectivity index (χ2n) is 11.3. The van der Waals surface area contributed by atoms with Crippen LogP contribution in [0.3, 0.4) is 0 Å². The fraction of sp³-hybridized carbons (Fsp3) is 0.846. The second-order valence-corrected chi connectivity index (χ2v) is 14.1. The Bertz CT molecular complexity index is 806. The van der Waals surface area contributed by atoms with E-state index < -0.39 is 0 Å². The maximum atomic E-state index is 12.0. The fourth-order valence-electron chi connectivity index (χ4n) is 8.31. The smallest absolute Gasteiger partial charge is 0.302 e. The summed E-state index contributed by atoms with van der Waals surface area (Å²) in [5.74, 6) is 4.42. The predicted molar refractivity (Wildman–Crippen MR) is 130 cm³/mol. The van der Waals surface area contributed by atoms with Gasteiger partial charge in [-0.15, -0.1) is 23.5 Å². The van der Waals surface area contributed by atoms with Gasteiger partial charge in [0, 0.05) is 36.7 Å². The van der Waals surface area contributed by atoms with Gasteiger partial charge >= 0.3 is 11.9 Å². The number of thioether (sulfide) groups is 2. The van der Waals surface area contributed by atoms with Gasteiger partial charge in [0.2, 0.25) is 0 Å². The van der Waals surface area contributed by atoms with Gasteiger partial charge in [0.05, 0.1) is 4.58 Å². The highest BCUT2D eigenvalue weighted by Crippen LogP contribution is 2.66. The molecule has 0 aromatic carbocycles. The van der Waals surface area contributed by atoms with Gasteiger partial charge in [0.15, 0.2) is 0 Å². The molecule has 0 spiro atoms. The Morgan fingerprint density at radius 2 is 1.69 bits per heavy atom. The monoisotopic (exact) mass is 478 g/mol. The highest BCUT2D eigenvalue weighted by Gasteiger charge is 2.61.